The van der Waals surface area contributed by atoms with E-state index in [4.69, 9.17) is 16.3 Å². The minimum absolute atomic E-state index is 0.201. The van der Waals surface area contributed by atoms with Crippen LogP contribution < -0.4 is 10.1 Å². The number of rotatable bonds is 6. The number of hydrogen-bond acceptors (Lipinski definition) is 4. The molecule has 1 N–H and O–H groups in total. The lowest BCUT2D eigenvalue weighted by Gasteiger charge is -2.07. The first kappa shape index (κ1) is 17.6. The summed E-state index contributed by atoms with van der Waals surface area (Å²) in [5, 5.41) is 4.64. The Morgan fingerprint density at radius 3 is 2.65 bits per heavy atom. The fourth-order valence-electron chi connectivity index (χ4n) is 1.60. The van der Waals surface area contributed by atoms with E-state index in [0.29, 0.717) is 21.5 Å². The molecule has 0 saturated heterocycles. The zero-order valence-corrected chi connectivity index (χ0v) is 13.3. The van der Waals surface area contributed by atoms with Gasteiger partial charge in [-0.25, -0.2) is 4.98 Å². The predicted octanol–water partition coefficient (Wildman–Crippen LogP) is 3.60. The molecule has 1 aromatic heterocycles. The van der Waals surface area contributed by atoms with Crippen LogP contribution in [0.25, 0.3) is 0 Å². The van der Waals surface area contributed by atoms with E-state index < -0.39 is 18.6 Å². The van der Waals surface area contributed by atoms with Crippen LogP contribution in [0.1, 0.15) is 10.7 Å². The van der Waals surface area contributed by atoms with Gasteiger partial charge in [-0.1, -0.05) is 11.6 Å². The van der Waals surface area contributed by atoms with Crippen molar-refractivity contribution in [2.75, 3.05) is 6.54 Å². The maximum Gasteiger partial charge on any atom is 0.405 e. The molecule has 1 amide bonds. The third kappa shape index (κ3) is 6.45. The third-order valence-electron chi connectivity index (χ3n) is 2.60. The standard InChI is InChI=1S/C14H12ClF3N2O2S/c15-9-1-3-11(4-2-9)22-6-13-20-10(7-23-13)5-12(21)19-8-14(16,17)18/h1-4,7H,5-6,8H2,(H,19,21). The summed E-state index contributed by atoms with van der Waals surface area (Å²) in [6.45, 7) is -1.14. The summed E-state index contributed by atoms with van der Waals surface area (Å²) < 4.78 is 41.5. The number of alkyl halides is 3. The fraction of sp³-hybridized carbons (Fsp3) is 0.286. The monoisotopic (exact) mass is 364 g/mol. The largest absolute Gasteiger partial charge is 0.486 e. The fourth-order valence-corrected chi connectivity index (χ4v) is 2.43. The first-order chi connectivity index (χ1) is 10.8. The van der Waals surface area contributed by atoms with Crippen LogP contribution in [0.5, 0.6) is 5.75 Å². The van der Waals surface area contributed by atoms with E-state index in [1.165, 1.54) is 11.3 Å². The van der Waals surface area contributed by atoms with Crippen LogP contribution in [0.15, 0.2) is 29.6 Å². The maximum absolute atomic E-state index is 12.0. The number of nitrogens with zero attached hydrogens (tertiary/aromatic N) is 1. The quantitative estimate of drug-likeness (QED) is 0.852. The van der Waals surface area contributed by atoms with E-state index in [1.54, 1.807) is 35.0 Å². The van der Waals surface area contributed by atoms with Gasteiger partial charge in [0, 0.05) is 10.4 Å². The van der Waals surface area contributed by atoms with Gasteiger partial charge in [0.05, 0.1) is 12.1 Å². The van der Waals surface area contributed by atoms with E-state index in [-0.39, 0.29) is 13.0 Å². The molecule has 124 valence electrons. The molecule has 0 radical (unpaired) electrons. The average molecular weight is 365 g/mol. The Labute approximate surface area is 139 Å². The van der Waals surface area contributed by atoms with Crippen molar-refractivity contribution in [1.29, 1.82) is 0 Å². The van der Waals surface area contributed by atoms with Gasteiger partial charge in [-0.2, -0.15) is 13.2 Å². The van der Waals surface area contributed by atoms with Crippen LogP contribution in [-0.2, 0) is 17.8 Å². The minimum atomic E-state index is -4.42. The van der Waals surface area contributed by atoms with Crippen LogP contribution in [0.3, 0.4) is 0 Å². The first-order valence-corrected chi connectivity index (χ1v) is 7.73. The van der Waals surface area contributed by atoms with E-state index in [0.717, 1.165) is 0 Å². The highest BCUT2D eigenvalue weighted by atomic mass is 35.5. The smallest absolute Gasteiger partial charge is 0.405 e. The molecule has 0 saturated carbocycles. The number of amides is 1. The van der Waals surface area contributed by atoms with E-state index in [2.05, 4.69) is 4.98 Å². The van der Waals surface area contributed by atoms with Crippen LogP contribution in [0.2, 0.25) is 5.02 Å². The molecule has 1 aromatic carbocycles. The second-order valence-corrected chi connectivity index (χ2v) is 5.92. The van der Waals surface area contributed by atoms with Crippen LogP contribution in [0, 0.1) is 0 Å². The molecule has 9 heteroatoms. The summed E-state index contributed by atoms with van der Waals surface area (Å²) in [7, 11) is 0. The molecule has 0 fully saturated rings. The zero-order chi connectivity index (χ0) is 16.9. The lowest BCUT2D eigenvalue weighted by atomic mass is 10.3. The lowest BCUT2D eigenvalue weighted by molar-refractivity contribution is -0.138. The van der Waals surface area contributed by atoms with Crippen molar-refractivity contribution in [3.63, 3.8) is 0 Å². The van der Waals surface area contributed by atoms with Crippen molar-refractivity contribution in [3.05, 3.63) is 45.4 Å². The number of hydrogen-bond donors (Lipinski definition) is 1. The number of thiazole rings is 1. The highest BCUT2D eigenvalue weighted by Gasteiger charge is 2.27. The second-order valence-electron chi connectivity index (χ2n) is 4.54. The Morgan fingerprint density at radius 1 is 1.30 bits per heavy atom. The van der Waals surface area contributed by atoms with Crippen molar-refractivity contribution in [2.45, 2.75) is 19.2 Å². The van der Waals surface area contributed by atoms with Gasteiger partial charge in [-0.3, -0.25) is 4.79 Å². The Balaban J connectivity index is 1.81. The number of carbonyl (C=O) groups excluding carboxylic acids is 1. The molecule has 2 aromatic rings. The van der Waals surface area contributed by atoms with Crippen molar-refractivity contribution in [3.8, 4) is 5.75 Å². The molecule has 0 aliphatic rings. The molecule has 1 heterocycles. The molecule has 23 heavy (non-hydrogen) atoms. The molecule has 0 spiro atoms. The van der Waals surface area contributed by atoms with Crippen LogP contribution in [-0.4, -0.2) is 23.6 Å². The summed E-state index contributed by atoms with van der Waals surface area (Å²) in [5.74, 6) is -0.105. The third-order valence-corrected chi connectivity index (χ3v) is 3.73. The number of nitrogens with one attached hydrogen (secondary N) is 1. The Morgan fingerprint density at radius 2 is 2.00 bits per heavy atom. The summed E-state index contributed by atoms with van der Waals surface area (Å²) in [4.78, 5) is 15.5. The van der Waals surface area contributed by atoms with Gasteiger partial charge in [0.25, 0.3) is 0 Å². The Bertz CT molecular complexity index is 659. The molecular weight excluding hydrogens is 353 g/mol. The molecule has 0 atom stereocenters. The topological polar surface area (TPSA) is 51.2 Å². The molecular formula is C14H12ClF3N2O2S. The summed E-state index contributed by atoms with van der Waals surface area (Å²) in [6, 6.07) is 6.80. The van der Waals surface area contributed by atoms with Gasteiger partial charge in [0.2, 0.25) is 5.91 Å². The van der Waals surface area contributed by atoms with Crippen LogP contribution >= 0.6 is 22.9 Å². The van der Waals surface area contributed by atoms with Crippen molar-refractivity contribution in [2.24, 2.45) is 0 Å². The maximum atomic E-state index is 12.0. The normalized spacial score (nSPS) is 11.3. The molecule has 0 unspecified atom stereocenters. The first-order valence-electron chi connectivity index (χ1n) is 6.47. The number of ether oxygens (including phenoxy) is 1. The van der Waals surface area contributed by atoms with Gasteiger partial charge in [-0.05, 0) is 24.3 Å². The Kier molecular flexibility index (Phi) is 5.84. The number of benzene rings is 1. The van der Waals surface area contributed by atoms with Crippen LogP contribution in [0.4, 0.5) is 13.2 Å². The second kappa shape index (κ2) is 7.65. The van der Waals surface area contributed by atoms with Gasteiger partial charge in [-0.15, -0.1) is 11.3 Å². The van der Waals surface area contributed by atoms with Crippen molar-refractivity contribution in [1.82, 2.24) is 10.3 Å². The van der Waals surface area contributed by atoms with Gasteiger partial charge in [0.1, 0.15) is 23.9 Å². The van der Waals surface area contributed by atoms with Gasteiger partial charge in [0.15, 0.2) is 0 Å². The zero-order valence-electron chi connectivity index (χ0n) is 11.7. The minimum Gasteiger partial charge on any atom is -0.486 e. The highest BCUT2D eigenvalue weighted by molar-refractivity contribution is 7.09. The van der Waals surface area contributed by atoms with Gasteiger partial charge >= 0.3 is 6.18 Å². The van der Waals surface area contributed by atoms with E-state index in [1.807, 2.05) is 0 Å². The molecule has 0 aliphatic carbocycles. The Hall–Kier alpha value is -1.80. The molecule has 0 aliphatic heterocycles. The van der Waals surface area contributed by atoms with E-state index >= 15 is 0 Å². The molecule has 4 nitrogen and oxygen atoms in total. The van der Waals surface area contributed by atoms with Gasteiger partial charge < -0.3 is 10.1 Å². The number of halogens is 4. The summed E-state index contributed by atoms with van der Waals surface area (Å²) in [6.07, 6.45) is -4.62. The average Bonchev–Trinajstić information content (AvgIpc) is 2.91. The molecule has 2 rings (SSSR count). The van der Waals surface area contributed by atoms with Crippen molar-refractivity contribution < 1.29 is 22.7 Å². The predicted molar refractivity (Wildman–Crippen MR) is 80.7 cm³/mol. The lowest BCUT2D eigenvalue weighted by Crippen LogP contribution is -2.34. The van der Waals surface area contributed by atoms with Crippen molar-refractivity contribution >= 4 is 28.8 Å². The summed E-state index contributed by atoms with van der Waals surface area (Å²) >= 11 is 7.03. The summed E-state index contributed by atoms with van der Waals surface area (Å²) in [5.41, 5.74) is 0.407. The highest BCUT2D eigenvalue weighted by Crippen LogP contribution is 2.18. The number of carbonyl (C=O) groups is 1. The number of aromatic nitrogens is 1. The van der Waals surface area contributed by atoms with E-state index in [9.17, 15) is 18.0 Å². The molecule has 0 bridgehead atoms. The SMILES string of the molecule is O=C(Cc1csc(COc2ccc(Cl)cc2)n1)NCC(F)(F)F.